The molecule has 112 valence electrons. The molecular weight excluding hydrogens is 280 g/mol. The van der Waals surface area contributed by atoms with Crippen LogP contribution in [0, 0.1) is 0 Å². The quantitative estimate of drug-likeness (QED) is 0.404. The molecule has 2 rings (SSSR count). The van der Waals surface area contributed by atoms with Gasteiger partial charge >= 0.3 is 0 Å². The van der Waals surface area contributed by atoms with Gasteiger partial charge < -0.3 is 9.53 Å². The number of unbranched alkanes of at least 4 members (excludes halogenated alkanes) is 1. The van der Waals surface area contributed by atoms with Gasteiger partial charge in [0, 0.05) is 18.4 Å². The van der Waals surface area contributed by atoms with Crippen molar-refractivity contribution in [3.8, 4) is 0 Å². The second-order valence-electron chi connectivity index (χ2n) is 5.16. The van der Waals surface area contributed by atoms with Crippen molar-refractivity contribution in [2.45, 2.75) is 37.5 Å². The zero-order valence-electron chi connectivity index (χ0n) is 12.7. The molecule has 0 saturated heterocycles. The normalized spacial score (nSPS) is 11.0. The molecule has 0 amide bonds. The van der Waals surface area contributed by atoms with Gasteiger partial charge in [0.2, 0.25) is 0 Å². The van der Waals surface area contributed by atoms with E-state index in [4.69, 9.17) is 4.74 Å². The van der Waals surface area contributed by atoms with Crippen LogP contribution in [0.25, 0.3) is 10.8 Å². The van der Waals surface area contributed by atoms with E-state index in [0.717, 1.165) is 18.3 Å². The van der Waals surface area contributed by atoms with Crippen molar-refractivity contribution in [1.82, 2.24) is 0 Å². The topological polar surface area (TPSA) is 26.3 Å². The van der Waals surface area contributed by atoms with Gasteiger partial charge in [-0.05, 0) is 46.9 Å². The summed E-state index contributed by atoms with van der Waals surface area (Å²) < 4.78 is 5.13. The van der Waals surface area contributed by atoms with E-state index in [1.165, 1.54) is 34.1 Å². The minimum Gasteiger partial charge on any atom is -0.374 e. The number of ether oxygens (including phenoxy) is 1. The Morgan fingerprint density at radius 2 is 2.10 bits per heavy atom. The first-order valence-electron chi connectivity index (χ1n) is 7.39. The highest BCUT2D eigenvalue weighted by Crippen LogP contribution is 2.28. The fourth-order valence-electron chi connectivity index (χ4n) is 2.49. The number of fused-ring (bicyclic) bond motifs is 1. The monoisotopic (exact) mass is 302 g/mol. The average Bonchev–Trinajstić information content (AvgIpc) is 2.51. The number of thioether (sulfide) groups is 1. The van der Waals surface area contributed by atoms with Crippen LogP contribution in [0.2, 0.25) is 0 Å². The van der Waals surface area contributed by atoms with Crippen LogP contribution < -0.4 is 0 Å². The predicted molar refractivity (Wildman–Crippen MR) is 90.1 cm³/mol. The van der Waals surface area contributed by atoms with Crippen LogP contribution in [0.1, 0.15) is 30.9 Å². The first-order chi connectivity index (χ1) is 10.3. The third kappa shape index (κ3) is 4.32. The molecule has 0 aromatic heterocycles. The van der Waals surface area contributed by atoms with Crippen LogP contribution in [0.5, 0.6) is 0 Å². The molecule has 2 aromatic carbocycles. The Labute approximate surface area is 130 Å². The number of carbonyl (C=O) groups is 1. The first kappa shape index (κ1) is 16.1. The number of hydrogen-bond donors (Lipinski definition) is 0. The van der Waals surface area contributed by atoms with Crippen molar-refractivity contribution >= 4 is 28.8 Å². The van der Waals surface area contributed by atoms with Gasteiger partial charge in [-0.3, -0.25) is 0 Å². The van der Waals surface area contributed by atoms with E-state index >= 15 is 0 Å². The summed E-state index contributed by atoms with van der Waals surface area (Å²) in [5.41, 5.74) is 2.46. The number of carbonyl (C=O) groups excluding carboxylic acids is 1. The molecule has 0 N–H and O–H groups in total. The van der Waals surface area contributed by atoms with E-state index in [2.05, 4.69) is 37.3 Å². The molecule has 2 nitrogen and oxygen atoms in total. The molecule has 0 heterocycles. The number of benzene rings is 2. The van der Waals surface area contributed by atoms with Crippen molar-refractivity contribution in [2.75, 3.05) is 13.0 Å². The molecule has 0 aliphatic rings. The molecule has 0 atom stereocenters. The smallest absolute Gasteiger partial charge is 0.124 e. The van der Waals surface area contributed by atoms with Crippen molar-refractivity contribution < 1.29 is 9.53 Å². The van der Waals surface area contributed by atoms with Gasteiger partial charge in [-0.25, -0.2) is 0 Å². The van der Waals surface area contributed by atoms with Gasteiger partial charge in [-0.15, -0.1) is 0 Å². The van der Waals surface area contributed by atoms with E-state index in [0.29, 0.717) is 12.4 Å². The summed E-state index contributed by atoms with van der Waals surface area (Å²) in [7, 11) is 1.71. The molecular formula is C18H22O2S. The van der Waals surface area contributed by atoms with E-state index < -0.39 is 0 Å². The van der Waals surface area contributed by atoms with Gasteiger partial charge in [0.25, 0.3) is 0 Å². The molecule has 0 fully saturated rings. The molecule has 0 unspecified atom stereocenters. The standard InChI is InChI=1S/C18H22O2S/c1-3-4-5-15-10-14(8-9-19)11-16-6-7-17(12-18(15)16)21-13-20-2/h6-7,9-12H,3-5,8,13H2,1-2H3. The SMILES string of the molecule is CCCCc1cc(CC=O)cc2ccc(SCOC)cc12. The molecule has 0 aliphatic heterocycles. The number of aryl methyl sites for hydroxylation is 1. The van der Waals surface area contributed by atoms with Crippen LogP contribution in [-0.4, -0.2) is 19.3 Å². The van der Waals surface area contributed by atoms with Gasteiger partial charge in [0.1, 0.15) is 6.29 Å². The van der Waals surface area contributed by atoms with Crippen molar-refractivity contribution in [3.05, 3.63) is 41.5 Å². The van der Waals surface area contributed by atoms with Gasteiger partial charge in [-0.1, -0.05) is 43.3 Å². The van der Waals surface area contributed by atoms with Crippen LogP contribution in [0.4, 0.5) is 0 Å². The second kappa shape index (κ2) is 8.20. The zero-order valence-corrected chi connectivity index (χ0v) is 13.5. The molecule has 0 bridgehead atoms. The summed E-state index contributed by atoms with van der Waals surface area (Å²) in [6.45, 7) is 2.21. The Balaban J connectivity index is 2.42. The molecule has 3 heteroatoms. The Hall–Kier alpha value is -1.32. The molecule has 0 spiro atoms. The molecule has 0 saturated carbocycles. The van der Waals surface area contributed by atoms with E-state index in [1.807, 2.05) is 0 Å². The highest BCUT2D eigenvalue weighted by Gasteiger charge is 2.06. The van der Waals surface area contributed by atoms with Crippen molar-refractivity contribution in [1.29, 1.82) is 0 Å². The Morgan fingerprint density at radius 3 is 2.81 bits per heavy atom. The minimum absolute atomic E-state index is 0.495. The fourth-order valence-corrected chi connectivity index (χ4v) is 3.11. The summed E-state index contributed by atoms with van der Waals surface area (Å²) in [4.78, 5) is 12.0. The first-order valence-corrected chi connectivity index (χ1v) is 8.38. The predicted octanol–water partition coefficient (Wildman–Crippen LogP) is 4.62. The maximum Gasteiger partial charge on any atom is 0.124 e. The highest BCUT2D eigenvalue weighted by atomic mass is 32.2. The summed E-state index contributed by atoms with van der Waals surface area (Å²) in [5.74, 6) is 0.666. The maximum absolute atomic E-state index is 10.8. The number of hydrogen-bond acceptors (Lipinski definition) is 3. The summed E-state index contributed by atoms with van der Waals surface area (Å²) in [5, 5.41) is 2.53. The molecule has 0 radical (unpaired) electrons. The van der Waals surface area contributed by atoms with E-state index in [1.54, 1.807) is 18.9 Å². The fraction of sp³-hybridized carbons (Fsp3) is 0.389. The third-order valence-electron chi connectivity index (χ3n) is 3.53. The molecule has 21 heavy (non-hydrogen) atoms. The van der Waals surface area contributed by atoms with E-state index in [-0.39, 0.29) is 0 Å². The minimum atomic E-state index is 0.495. The zero-order chi connectivity index (χ0) is 15.1. The highest BCUT2D eigenvalue weighted by molar-refractivity contribution is 7.99. The molecule has 0 aliphatic carbocycles. The molecule has 2 aromatic rings. The lowest BCUT2D eigenvalue weighted by molar-refractivity contribution is -0.107. The van der Waals surface area contributed by atoms with Gasteiger partial charge in [0.05, 0.1) is 5.94 Å². The van der Waals surface area contributed by atoms with E-state index in [9.17, 15) is 4.79 Å². The Bertz CT molecular complexity index is 607. The van der Waals surface area contributed by atoms with Gasteiger partial charge in [-0.2, -0.15) is 0 Å². The lowest BCUT2D eigenvalue weighted by Crippen LogP contribution is -1.94. The largest absolute Gasteiger partial charge is 0.374 e. The summed E-state index contributed by atoms with van der Waals surface area (Å²) in [6.07, 6.45) is 4.90. The summed E-state index contributed by atoms with van der Waals surface area (Å²) >= 11 is 1.70. The van der Waals surface area contributed by atoms with Crippen LogP contribution in [-0.2, 0) is 22.4 Å². The van der Waals surface area contributed by atoms with Crippen LogP contribution in [0.3, 0.4) is 0 Å². The number of methoxy groups -OCH3 is 1. The third-order valence-corrected chi connectivity index (χ3v) is 4.47. The van der Waals surface area contributed by atoms with Crippen LogP contribution in [0.15, 0.2) is 35.2 Å². The van der Waals surface area contributed by atoms with Gasteiger partial charge in [0.15, 0.2) is 0 Å². The summed E-state index contributed by atoms with van der Waals surface area (Å²) in [6, 6.07) is 10.8. The average molecular weight is 302 g/mol. The number of aldehydes is 1. The Kier molecular flexibility index (Phi) is 6.27. The second-order valence-corrected chi connectivity index (χ2v) is 6.16. The van der Waals surface area contributed by atoms with Crippen molar-refractivity contribution in [3.63, 3.8) is 0 Å². The lowest BCUT2D eigenvalue weighted by atomic mass is 9.96. The maximum atomic E-state index is 10.8. The van der Waals surface area contributed by atoms with Crippen molar-refractivity contribution in [2.24, 2.45) is 0 Å². The number of rotatable bonds is 8. The van der Waals surface area contributed by atoms with Crippen LogP contribution >= 0.6 is 11.8 Å². The lowest BCUT2D eigenvalue weighted by Gasteiger charge is -2.11. The Morgan fingerprint density at radius 1 is 1.24 bits per heavy atom.